The zero-order chi connectivity index (χ0) is 13.5. The number of nitrogens with zero attached hydrogens (tertiary/aromatic N) is 2. The van der Waals surface area contributed by atoms with Crippen molar-refractivity contribution in [1.29, 1.82) is 0 Å². The average Bonchev–Trinajstić information content (AvgIpc) is 2.46. The molecule has 19 heavy (non-hydrogen) atoms. The zero-order valence-corrected chi connectivity index (χ0v) is 11.5. The molecule has 2 heterocycles. The first-order chi connectivity index (χ1) is 9.29. The van der Waals surface area contributed by atoms with Gasteiger partial charge in [0, 0.05) is 31.4 Å². The second-order valence-electron chi connectivity index (χ2n) is 4.85. The van der Waals surface area contributed by atoms with Gasteiger partial charge in [-0.25, -0.2) is 9.99 Å². The van der Waals surface area contributed by atoms with Crippen molar-refractivity contribution in [2.45, 2.75) is 32.6 Å². The predicted octanol–water partition coefficient (Wildman–Crippen LogP) is 2.03. The molecule has 0 aromatic carbocycles. The van der Waals surface area contributed by atoms with Crippen LogP contribution in [0.2, 0.25) is 0 Å². The molecule has 104 valence electrons. The Bertz CT molecular complexity index is 416. The van der Waals surface area contributed by atoms with Gasteiger partial charge in [0.05, 0.1) is 0 Å². The maximum absolute atomic E-state index is 12.1. The van der Waals surface area contributed by atoms with Crippen LogP contribution < -0.4 is 10.7 Å². The Labute approximate surface area is 114 Å². The van der Waals surface area contributed by atoms with Gasteiger partial charge in [-0.05, 0) is 31.4 Å². The molecule has 5 heteroatoms. The highest BCUT2D eigenvalue weighted by Gasteiger charge is 2.14. The van der Waals surface area contributed by atoms with Crippen LogP contribution in [0.25, 0.3) is 0 Å². The van der Waals surface area contributed by atoms with E-state index >= 15 is 0 Å². The van der Waals surface area contributed by atoms with Crippen molar-refractivity contribution in [3.05, 3.63) is 23.9 Å². The van der Waals surface area contributed by atoms with Gasteiger partial charge < -0.3 is 5.32 Å². The van der Waals surface area contributed by atoms with Crippen molar-refractivity contribution >= 4 is 11.7 Å². The topological polar surface area (TPSA) is 57.3 Å². The molecule has 0 spiro atoms. The van der Waals surface area contributed by atoms with E-state index < -0.39 is 0 Å². The van der Waals surface area contributed by atoms with Crippen LogP contribution in [0.3, 0.4) is 0 Å². The monoisotopic (exact) mass is 262 g/mol. The highest BCUT2D eigenvalue weighted by molar-refractivity contribution is 5.94. The fraction of sp³-hybridized carbons (Fsp3) is 0.571. The number of carbonyl (C=O) groups is 1. The number of aromatic nitrogens is 1. The van der Waals surface area contributed by atoms with Crippen LogP contribution in [-0.4, -0.2) is 35.5 Å². The Hall–Kier alpha value is -1.62. The van der Waals surface area contributed by atoms with E-state index in [9.17, 15) is 4.79 Å². The number of piperidine rings is 1. The fourth-order valence-corrected chi connectivity index (χ4v) is 2.14. The van der Waals surface area contributed by atoms with Gasteiger partial charge in [-0.2, -0.15) is 0 Å². The summed E-state index contributed by atoms with van der Waals surface area (Å²) in [5.74, 6) is 0.706. The van der Waals surface area contributed by atoms with Crippen molar-refractivity contribution in [2.75, 3.05) is 25.0 Å². The highest BCUT2D eigenvalue weighted by atomic mass is 16.2. The Morgan fingerprint density at radius 2 is 2.16 bits per heavy atom. The van der Waals surface area contributed by atoms with Crippen LogP contribution in [0.5, 0.6) is 0 Å². The maximum Gasteiger partial charge on any atom is 0.265 e. The summed E-state index contributed by atoms with van der Waals surface area (Å²) in [6.07, 6.45) is 6.27. The first kappa shape index (κ1) is 13.8. The van der Waals surface area contributed by atoms with Crippen molar-refractivity contribution < 1.29 is 4.79 Å². The molecule has 1 aromatic rings. The lowest BCUT2D eigenvalue weighted by Crippen LogP contribution is -2.45. The first-order valence-corrected chi connectivity index (χ1v) is 7.05. The van der Waals surface area contributed by atoms with Gasteiger partial charge >= 0.3 is 0 Å². The Morgan fingerprint density at radius 1 is 1.37 bits per heavy atom. The lowest BCUT2D eigenvalue weighted by Gasteiger charge is -2.26. The maximum atomic E-state index is 12.1. The van der Waals surface area contributed by atoms with E-state index in [0.29, 0.717) is 5.56 Å². The minimum Gasteiger partial charge on any atom is -0.370 e. The smallest absolute Gasteiger partial charge is 0.265 e. The molecular weight excluding hydrogens is 240 g/mol. The Morgan fingerprint density at radius 3 is 2.89 bits per heavy atom. The van der Waals surface area contributed by atoms with E-state index in [2.05, 4.69) is 22.7 Å². The summed E-state index contributed by atoms with van der Waals surface area (Å²) in [7, 11) is 0. The Kier molecular flexibility index (Phi) is 5.15. The second-order valence-corrected chi connectivity index (χ2v) is 4.85. The summed E-state index contributed by atoms with van der Waals surface area (Å²) in [5.41, 5.74) is 3.61. The molecule has 2 N–H and O–H groups in total. The number of nitrogens with one attached hydrogen (secondary N) is 2. The molecule has 1 amide bonds. The number of pyridine rings is 1. The van der Waals surface area contributed by atoms with Crippen LogP contribution in [0.1, 0.15) is 43.0 Å². The third-order valence-corrected chi connectivity index (χ3v) is 3.19. The molecule has 1 aliphatic rings. The summed E-state index contributed by atoms with van der Waals surface area (Å²) in [4.78, 5) is 16.3. The number of hydrogen-bond acceptors (Lipinski definition) is 4. The van der Waals surface area contributed by atoms with Gasteiger partial charge in [0.15, 0.2) is 0 Å². The van der Waals surface area contributed by atoms with Crippen LogP contribution in [0.15, 0.2) is 18.3 Å². The second kappa shape index (κ2) is 7.09. The first-order valence-electron chi connectivity index (χ1n) is 7.05. The highest BCUT2D eigenvalue weighted by Crippen LogP contribution is 2.09. The number of anilines is 1. The summed E-state index contributed by atoms with van der Waals surface area (Å²) in [5, 5.41) is 5.19. The van der Waals surface area contributed by atoms with Gasteiger partial charge in [0.2, 0.25) is 0 Å². The average molecular weight is 262 g/mol. The largest absolute Gasteiger partial charge is 0.370 e. The molecule has 1 aliphatic heterocycles. The third kappa shape index (κ3) is 4.21. The fourth-order valence-electron chi connectivity index (χ4n) is 2.14. The van der Waals surface area contributed by atoms with Gasteiger partial charge in [-0.1, -0.05) is 13.3 Å². The Balaban J connectivity index is 1.93. The molecule has 0 saturated carbocycles. The lowest BCUT2D eigenvalue weighted by atomic mass is 10.2. The van der Waals surface area contributed by atoms with E-state index in [0.717, 1.165) is 44.7 Å². The SMILES string of the molecule is CCCNc1cc(C(=O)NN2CCCCC2)ccn1. The summed E-state index contributed by atoms with van der Waals surface area (Å²) in [6, 6.07) is 3.55. The molecule has 1 saturated heterocycles. The third-order valence-electron chi connectivity index (χ3n) is 3.19. The van der Waals surface area contributed by atoms with Crippen molar-refractivity contribution in [3.8, 4) is 0 Å². The molecule has 1 fully saturated rings. The number of hydrazine groups is 1. The molecular formula is C14H22N4O. The molecule has 0 aliphatic carbocycles. The van der Waals surface area contributed by atoms with Crippen LogP contribution in [0.4, 0.5) is 5.82 Å². The van der Waals surface area contributed by atoms with Crippen LogP contribution in [0, 0.1) is 0 Å². The molecule has 0 bridgehead atoms. The zero-order valence-electron chi connectivity index (χ0n) is 11.5. The summed E-state index contributed by atoms with van der Waals surface area (Å²) in [6.45, 7) is 4.85. The van der Waals surface area contributed by atoms with Crippen molar-refractivity contribution in [2.24, 2.45) is 0 Å². The normalized spacial score (nSPS) is 16.1. The summed E-state index contributed by atoms with van der Waals surface area (Å²) >= 11 is 0. The lowest BCUT2D eigenvalue weighted by molar-refractivity contribution is 0.0750. The number of rotatable bonds is 5. The van der Waals surface area contributed by atoms with E-state index in [1.54, 1.807) is 18.3 Å². The van der Waals surface area contributed by atoms with E-state index in [4.69, 9.17) is 0 Å². The molecule has 5 nitrogen and oxygen atoms in total. The molecule has 0 unspecified atom stereocenters. The van der Waals surface area contributed by atoms with Gasteiger partial charge in [-0.3, -0.25) is 10.2 Å². The van der Waals surface area contributed by atoms with Gasteiger partial charge in [-0.15, -0.1) is 0 Å². The van der Waals surface area contributed by atoms with Gasteiger partial charge in [0.25, 0.3) is 5.91 Å². The van der Waals surface area contributed by atoms with Crippen molar-refractivity contribution in [1.82, 2.24) is 15.4 Å². The quantitative estimate of drug-likeness (QED) is 0.852. The van der Waals surface area contributed by atoms with E-state index in [-0.39, 0.29) is 5.91 Å². The number of hydrogen-bond donors (Lipinski definition) is 2. The molecule has 0 radical (unpaired) electrons. The standard InChI is InChI=1S/C14H22N4O/c1-2-7-15-13-11-12(6-8-16-13)14(19)17-18-9-4-3-5-10-18/h6,8,11H,2-5,7,9-10H2,1H3,(H,15,16)(H,17,19). The minimum absolute atomic E-state index is 0.0520. The van der Waals surface area contributed by atoms with E-state index in [1.807, 2.05) is 5.01 Å². The predicted molar refractivity (Wildman–Crippen MR) is 75.9 cm³/mol. The minimum atomic E-state index is -0.0520. The summed E-state index contributed by atoms with van der Waals surface area (Å²) < 4.78 is 0. The van der Waals surface area contributed by atoms with Gasteiger partial charge in [0.1, 0.15) is 5.82 Å². The van der Waals surface area contributed by atoms with Crippen LogP contribution >= 0.6 is 0 Å². The molecule has 2 rings (SSSR count). The molecule has 1 aromatic heterocycles. The number of carbonyl (C=O) groups excluding carboxylic acids is 1. The van der Waals surface area contributed by atoms with Crippen molar-refractivity contribution in [3.63, 3.8) is 0 Å². The number of amides is 1. The van der Waals surface area contributed by atoms with E-state index in [1.165, 1.54) is 6.42 Å². The van der Waals surface area contributed by atoms with Crippen LogP contribution in [-0.2, 0) is 0 Å². The molecule has 0 atom stereocenters.